The van der Waals surface area contributed by atoms with E-state index in [-0.39, 0.29) is 37.3 Å². The van der Waals surface area contributed by atoms with E-state index in [1.165, 1.54) is 14.0 Å². The van der Waals surface area contributed by atoms with E-state index in [1.54, 1.807) is 55.4 Å². The number of esters is 1. The molecule has 0 amide bonds. The maximum absolute atomic E-state index is 14.1. The lowest BCUT2D eigenvalue weighted by atomic mass is 9.73. The molecule has 18 atom stereocenters. The highest BCUT2D eigenvalue weighted by atomic mass is 16.7. The second-order valence-corrected chi connectivity index (χ2v) is 16.7. The van der Waals surface area contributed by atoms with Gasteiger partial charge < -0.3 is 64.1 Å². The predicted octanol–water partition coefficient (Wildman–Crippen LogP) is 1.90. The topological polar surface area (TPSA) is 209 Å². The number of ether oxygens (including phenoxy) is 6. The smallest absolute Gasteiger partial charge is 0.311 e. The summed E-state index contributed by atoms with van der Waals surface area (Å²) in [4.78, 5) is 16.0. The third kappa shape index (κ3) is 9.30. The van der Waals surface area contributed by atoms with Crippen LogP contribution in [-0.4, -0.2) is 153 Å². The molecule has 0 bridgehead atoms. The minimum atomic E-state index is -1.97. The van der Waals surface area contributed by atoms with E-state index >= 15 is 0 Å². The molecule has 0 spiro atoms. The fourth-order valence-corrected chi connectivity index (χ4v) is 8.53. The normalized spacial score (nSPS) is 49.8. The molecule has 3 aliphatic heterocycles. The van der Waals surface area contributed by atoms with E-state index in [9.17, 15) is 35.5 Å². The second-order valence-electron chi connectivity index (χ2n) is 16.7. The van der Waals surface area contributed by atoms with Crippen LogP contribution in [0.1, 0.15) is 88.5 Å². The number of carbonyl (C=O) groups excluding carboxylic acids is 1. The van der Waals surface area contributed by atoms with Gasteiger partial charge in [0.05, 0.1) is 54.4 Å². The Morgan fingerprint density at radius 2 is 1.54 bits per heavy atom. The van der Waals surface area contributed by atoms with Gasteiger partial charge in [-0.05, 0) is 68.0 Å². The number of rotatable bonds is 7. The Morgan fingerprint density at radius 3 is 2.08 bits per heavy atom. The predicted molar refractivity (Wildman–Crippen MR) is 190 cm³/mol. The molecular weight excluding hydrogens is 680 g/mol. The highest BCUT2D eigenvalue weighted by Crippen LogP contribution is 2.41. The van der Waals surface area contributed by atoms with Crippen molar-refractivity contribution < 1.29 is 64.0 Å². The molecule has 0 saturated carbocycles. The molecule has 0 aromatic heterocycles. The third-order valence-electron chi connectivity index (χ3n) is 12.0. The Hall–Kier alpha value is -1.50. The second kappa shape index (κ2) is 17.5. The standard InChI is InChI=1S/C37H68N2O13/c1-14-25-37(10,45)30(42)20(4)26(38-46)18(2)16-35(8,44)31(52-34-27(40)24(39(11)12)15-19(3)49-34)21(5)28(22(6)32(43)50-25)51-33-23(7)29(41)36(9,47-13)17-48-33/h18-25,27-31,33-34,40-42,44-46H,14-17H2,1-13H3/b38-26+/t18-,19+,20-,21-,22+,23-,24-,25-,27+,28+,29-,30-,31-,33-,34-,35+,36+,37+/m0/s1. The van der Waals surface area contributed by atoms with Gasteiger partial charge in [-0.15, -0.1) is 0 Å². The van der Waals surface area contributed by atoms with E-state index in [1.807, 2.05) is 25.9 Å². The van der Waals surface area contributed by atoms with Crippen molar-refractivity contribution in [3.05, 3.63) is 0 Å². The van der Waals surface area contributed by atoms with E-state index < -0.39 is 102 Å². The van der Waals surface area contributed by atoms with E-state index in [0.717, 1.165) is 0 Å². The molecule has 3 saturated heterocycles. The largest absolute Gasteiger partial charge is 0.459 e. The number of nitrogens with zero attached hydrogens (tertiary/aromatic N) is 2. The summed E-state index contributed by atoms with van der Waals surface area (Å²) >= 11 is 0. The SMILES string of the molecule is CC[C@@H]1OC(=O)[C@H](C)[C@H](O[C@@H]2OC[C@@](C)(OC)[C@@H](O)[C@@H]2C)[C@H](C)[C@H](O[C@@H]2O[C@H](C)C[C@H](N(C)C)[C@H]2O)[C@](C)(O)C[C@H](C)/C(=N\O)[C@H](C)[C@H](O)[C@]1(C)O. The molecule has 0 aliphatic carbocycles. The van der Waals surface area contributed by atoms with Crippen molar-refractivity contribution in [2.45, 2.75) is 167 Å². The Bertz CT molecular complexity index is 1200. The van der Waals surface area contributed by atoms with Gasteiger partial charge in [0.2, 0.25) is 0 Å². The molecule has 15 heteroatoms. The van der Waals surface area contributed by atoms with Gasteiger partial charge in [-0.2, -0.15) is 0 Å². The van der Waals surface area contributed by atoms with Gasteiger partial charge in [0.1, 0.15) is 23.4 Å². The number of methoxy groups -OCH3 is 1. The lowest BCUT2D eigenvalue weighted by Gasteiger charge is -2.49. The molecule has 52 heavy (non-hydrogen) atoms. The van der Waals surface area contributed by atoms with Crippen molar-refractivity contribution >= 4 is 11.7 Å². The van der Waals surface area contributed by atoms with Crippen LogP contribution in [0.3, 0.4) is 0 Å². The monoisotopic (exact) mass is 748 g/mol. The van der Waals surface area contributed by atoms with Crippen molar-refractivity contribution in [2.24, 2.45) is 34.7 Å². The lowest BCUT2D eigenvalue weighted by molar-refractivity contribution is -0.319. The number of likely N-dealkylation sites (N-methyl/N-ethyl adjacent to an activating group) is 1. The first-order valence-corrected chi connectivity index (χ1v) is 18.7. The van der Waals surface area contributed by atoms with Crippen LogP contribution in [-0.2, 0) is 33.2 Å². The van der Waals surface area contributed by atoms with Crippen LogP contribution in [0.4, 0.5) is 0 Å². The van der Waals surface area contributed by atoms with Crippen molar-refractivity contribution in [3.8, 4) is 0 Å². The van der Waals surface area contributed by atoms with Gasteiger partial charge in [0.25, 0.3) is 0 Å². The maximum Gasteiger partial charge on any atom is 0.311 e. The number of oxime groups is 1. The molecule has 0 unspecified atom stereocenters. The first-order valence-electron chi connectivity index (χ1n) is 18.7. The molecule has 3 fully saturated rings. The van der Waals surface area contributed by atoms with Gasteiger partial charge in [-0.1, -0.05) is 39.8 Å². The van der Waals surface area contributed by atoms with Crippen LogP contribution in [0.2, 0.25) is 0 Å². The van der Waals surface area contributed by atoms with Crippen LogP contribution in [0.15, 0.2) is 5.16 Å². The highest BCUT2D eigenvalue weighted by molar-refractivity contribution is 5.88. The van der Waals surface area contributed by atoms with Crippen molar-refractivity contribution in [3.63, 3.8) is 0 Å². The van der Waals surface area contributed by atoms with Crippen molar-refractivity contribution in [1.82, 2.24) is 4.90 Å². The van der Waals surface area contributed by atoms with Crippen molar-refractivity contribution in [1.29, 1.82) is 0 Å². The summed E-state index contributed by atoms with van der Waals surface area (Å²) in [5.74, 6) is -4.90. The number of hydrogen-bond acceptors (Lipinski definition) is 15. The fourth-order valence-electron chi connectivity index (χ4n) is 8.53. The number of hydrogen-bond donors (Lipinski definition) is 6. The zero-order chi connectivity index (χ0) is 39.7. The quantitative estimate of drug-likeness (QED) is 0.125. The molecule has 3 heterocycles. The Balaban J connectivity index is 2.20. The summed E-state index contributed by atoms with van der Waals surface area (Å²) < 4.78 is 37.1. The van der Waals surface area contributed by atoms with Crippen molar-refractivity contribution in [2.75, 3.05) is 27.8 Å². The zero-order valence-electron chi connectivity index (χ0n) is 33.4. The molecule has 3 aliphatic rings. The van der Waals surface area contributed by atoms with E-state index in [2.05, 4.69) is 5.16 Å². The summed E-state index contributed by atoms with van der Waals surface area (Å²) in [7, 11) is 5.18. The van der Waals surface area contributed by atoms with Gasteiger partial charge in [0, 0.05) is 36.8 Å². The highest BCUT2D eigenvalue weighted by Gasteiger charge is 2.53. The molecule has 6 N–H and O–H groups in total. The first-order chi connectivity index (χ1) is 24.0. The van der Waals surface area contributed by atoms with Crippen LogP contribution in [0.5, 0.6) is 0 Å². The molecule has 3 rings (SSSR count). The summed E-state index contributed by atoms with van der Waals surface area (Å²) in [6, 6.07) is -0.324. The maximum atomic E-state index is 14.1. The number of carbonyl (C=O) groups is 1. The van der Waals surface area contributed by atoms with Crippen LogP contribution in [0, 0.1) is 29.6 Å². The Labute approximate surface area is 309 Å². The molecule has 304 valence electrons. The van der Waals surface area contributed by atoms with E-state index in [4.69, 9.17) is 28.4 Å². The summed E-state index contributed by atoms with van der Waals surface area (Å²) in [5.41, 5.74) is -4.65. The van der Waals surface area contributed by atoms with Gasteiger partial charge >= 0.3 is 5.97 Å². The Morgan fingerprint density at radius 1 is 0.923 bits per heavy atom. The van der Waals surface area contributed by atoms with Gasteiger partial charge in [0.15, 0.2) is 12.6 Å². The Kier molecular flexibility index (Phi) is 15.1. The third-order valence-corrected chi connectivity index (χ3v) is 12.0. The van der Waals surface area contributed by atoms with E-state index in [0.29, 0.717) is 6.42 Å². The molecule has 0 radical (unpaired) electrons. The molecule has 0 aromatic carbocycles. The summed E-state index contributed by atoms with van der Waals surface area (Å²) in [6.07, 6.45) is -9.02. The zero-order valence-corrected chi connectivity index (χ0v) is 33.4. The number of cyclic esters (lactones) is 1. The summed E-state index contributed by atoms with van der Waals surface area (Å²) in [6.45, 7) is 16.6. The fraction of sp³-hybridized carbons (Fsp3) is 0.946. The number of aliphatic hydroxyl groups excluding tert-OH is 3. The molecule has 0 aromatic rings. The first kappa shape index (κ1) is 44.9. The van der Waals surface area contributed by atoms with Crippen LogP contribution >= 0.6 is 0 Å². The average molecular weight is 749 g/mol. The van der Waals surface area contributed by atoms with Gasteiger partial charge in [-0.3, -0.25) is 4.79 Å². The van der Waals surface area contributed by atoms with Crippen LogP contribution in [0.25, 0.3) is 0 Å². The average Bonchev–Trinajstić information content (AvgIpc) is 3.07. The van der Waals surface area contributed by atoms with Crippen LogP contribution < -0.4 is 0 Å². The lowest BCUT2D eigenvalue weighted by Crippen LogP contribution is -2.61. The van der Waals surface area contributed by atoms with Gasteiger partial charge in [-0.25, -0.2) is 0 Å². The number of aliphatic hydroxyl groups is 5. The molecule has 15 nitrogen and oxygen atoms in total. The summed E-state index contributed by atoms with van der Waals surface area (Å²) in [5, 5.41) is 72.1. The minimum absolute atomic E-state index is 0.0131. The molecular formula is C37H68N2O13. The minimum Gasteiger partial charge on any atom is -0.459 e.